The Morgan fingerprint density at radius 1 is 1.45 bits per heavy atom. The fourth-order valence-electron chi connectivity index (χ4n) is 0.388. The maximum Gasteiger partial charge on any atom is 0.451 e. The first kappa shape index (κ1) is 9.87. The molecule has 0 aliphatic rings. The van der Waals surface area contributed by atoms with Gasteiger partial charge < -0.3 is 0 Å². The zero-order chi connectivity index (χ0) is 8.91. The van der Waals surface area contributed by atoms with Crippen LogP contribution in [0, 0.1) is 0 Å². The zero-order valence-corrected chi connectivity index (χ0v) is 5.89. The molecule has 62 valence electrons. The molecule has 0 saturated carbocycles. The molecule has 11 heavy (non-hydrogen) atoms. The second-order valence-electron chi connectivity index (χ2n) is 1.52. The van der Waals surface area contributed by atoms with Crippen LogP contribution in [0.15, 0.2) is 22.8 Å². The maximum atomic E-state index is 11.8. The Bertz CT molecular complexity index is 190. The minimum Gasteiger partial charge on any atom is -0.238 e. The van der Waals surface area contributed by atoms with Crippen LogP contribution in [0.1, 0.15) is 6.92 Å². The van der Waals surface area contributed by atoms with Crippen molar-refractivity contribution in [2.45, 2.75) is 13.1 Å². The molecule has 0 rings (SSSR count). The van der Waals surface area contributed by atoms with Crippen LogP contribution in [0.2, 0.25) is 0 Å². The van der Waals surface area contributed by atoms with Crippen molar-refractivity contribution >= 4 is 12.1 Å². The average molecular weight is 164 g/mol. The van der Waals surface area contributed by atoms with Crippen molar-refractivity contribution in [3.05, 3.63) is 12.8 Å². The van der Waals surface area contributed by atoms with E-state index < -0.39 is 12.0 Å². The van der Waals surface area contributed by atoms with E-state index in [0.29, 0.717) is 0 Å². The normalized spacial score (nSPS) is 14.0. The highest BCUT2D eigenvalue weighted by atomic mass is 19.4. The summed E-state index contributed by atoms with van der Waals surface area (Å²) in [6, 6.07) is 0. The summed E-state index contributed by atoms with van der Waals surface area (Å²) in [6.45, 7) is 4.41. The van der Waals surface area contributed by atoms with Crippen molar-refractivity contribution in [2.75, 3.05) is 0 Å². The third-order valence-electron chi connectivity index (χ3n) is 0.719. The molecule has 0 spiro atoms. The van der Waals surface area contributed by atoms with E-state index in [2.05, 4.69) is 16.6 Å². The SMILES string of the molecule is C=CN=C(N=CC)C(F)(F)F. The summed E-state index contributed by atoms with van der Waals surface area (Å²) in [4.78, 5) is 5.96. The monoisotopic (exact) mass is 164 g/mol. The van der Waals surface area contributed by atoms with Gasteiger partial charge in [-0.3, -0.25) is 0 Å². The van der Waals surface area contributed by atoms with Crippen molar-refractivity contribution in [1.82, 2.24) is 0 Å². The Kier molecular flexibility index (Phi) is 3.50. The van der Waals surface area contributed by atoms with Crippen molar-refractivity contribution in [1.29, 1.82) is 0 Å². The molecule has 0 bridgehead atoms. The number of nitrogens with zero attached hydrogens (tertiary/aromatic N) is 2. The molecule has 5 heteroatoms. The molecule has 0 aliphatic carbocycles. The van der Waals surface area contributed by atoms with E-state index in [1.54, 1.807) is 0 Å². The van der Waals surface area contributed by atoms with Gasteiger partial charge in [0.2, 0.25) is 5.84 Å². The Hall–Kier alpha value is -1.13. The van der Waals surface area contributed by atoms with Crippen molar-refractivity contribution in [3.63, 3.8) is 0 Å². The molecule has 0 aromatic heterocycles. The van der Waals surface area contributed by atoms with Gasteiger partial charge in [0.25, 0.3) is 0 Å². The fraction of sp³-hybridized carbons (Fsp3) is 0.333. The third kappa shape index (κ3) is 3.54. The molecule has 0 aliphatic heterocycles. The van der Waals surface area contributed by atoms with Gasteiger partial charge in [0.15, 0.2) is 0 Å². The van der Waals surface area contributed by atoms with Crippen molar-refractivity contribution < 1.29 is 13.2 Å². The molecular weight excluding hydrogens is 157 g/mol. The summed E-state index contributed by atoms with van der Waals surface area (Å²) in [5.74, 6) is -1.19. The first-order valence-corrected chi connectivity index (χ1v) is 2.77. The van der Waals surface area contributed by atoms with Gasteiger partial charge in [-0.15, -0.1) is 0 Å². The van der Waals surface area contributed by atoms with E-state index in [-0.39, 0.29) is 0 Å². The lowest BCUT2D eigenvalue weighted by molar-refractivity contribution is -0.0596. The molecular formula is C6H7F3N2. The van der Waals surface area contributed by atoms with Gasteiger partial charge in [-0.05, 0) is 6.92 Å². The van der Waals surface area contributed by atoms with Crippen LogP contribution < -0.4 is 0 Å². The van der Waals surface area contributed by atoms with E-state index in [9.17, 15) is 13.2 Å². The first-order chi connectivity index (χ1) is 5.02. The molecule has 0 N–H and O–H groups in total. The number of amidine groups is 1. The van der Waals surface area contributed by atoms with E-state index in [4.69, 9.17) is 0 Å². The number of halogens is 3. The molecule has 0 aromatic carbocycles. The van der Waals surface area contributed by atoms with Gasteiger partial charge in [-0.25, -0.2) is 9.98 Å². The minimum atomic E-state index is -4.50. The lowest BCUT2D eigenvalue weighted by atomic mass is 10.6. The molecule has 0 radical (unpaired) electrons. The number of rotatable bonds is 1. The summed E-state index contributed by atoms with van der Waals surface area (Å²) in [5, 5.41) is 0. The van der Waals surface area contributed by atoms with E-state index in [0.717, 1.165) is 12.4 Å². The number of aliphatic imine (C=N–C) groups is 2. The number of hydrogen-bond donors (Lipinski definition) is 0. The maximum absolute atomic E-state index is 11.8. The lowest BCUT2D eigenvalue weighted by Crippen LogP contribution is -2.20. The van der Waals surface area contributed by atoms with Crippen LogP contribution in [-0.2, 0) is 0 Å². The molecule has 0 fully saturated rings. The highest BCUT2D eigenvalue weighted by molar-refractivity contribution is 5.93. The predicted molar refractivity (Wildman–Crippen MR) is 37.9 cm³/mol. The Morgan fingerprint density at radius 3 is 2.27 bits per heavy atom. The van der Waals surface area contributed by atoms with Crippen LogP contribution in [0.4, 0.5) is 13.2 Å². The first-order valence-electron chi connectivity index (χ1n) is 2.77. The molecule has 0 heterocycles. The summed E-state index contributed by atoms with van der Waals surface area (Å²) in [6.07, 6.45) is -2.67. The van der Waals surface area contributed by atoms with Gasteiger partial charge in [0.05, 0.1) is 0 Å². The molecule has 0 amide bonds. The highest BCUT2D eigenvalue weighted by Gasteiger charge is 2.35. The highest BCUT2D eigenvalue weighted by Crippen LogP contribution is 2.17. The summed E-state index contributed by atoms with van der Waals surface area (Å²) in [7, 11) is 0. The van der Waals surface area contributed by atoms with Gasteiger partial charge >= 0.3 is 6.18 Å². The second kappa shape index (κ2) is 3.90. The fourth-order valence-corrected chi connectivity index (χ4v) is 0.388. The van der Waals surface area contributed by atoms with Gasteiger partial charge in [-0.2, -0.15) is 13.2 Å². The Morgan fingerprint density at radius 2 is 2.00 bits per heavy atom. The molecule has 0 unspecified atom stereocenters. The topological polar surface area (TPSA) is 24.7 Å². The second-order valence-corrected chi connectivity index (χ2v) is 1.52. The van der Waals surface area contributed by atoms with Gasteiger partial charge in [0, 0.05) is 12.4 Å². The van der Waals surface area contributed by atoms with E-state index in [1.807, 2.05) is 0 Å². The predicted octanol–water partition coefficient (Wildman–Crippen LogP) is 2.18. The number of alkyl halides is 3. The van der Waals surface area contributed by atoms with Crippen LogP contribution in [0.25, 0.3) is 0 Å². The van der Waals surface area contributed by atoms with Crippen molar-refractivity contribution in [3.8, 4) is 0 Å². The quantitative estimate of drug-likeness (QED) is 0.419. The lowest BCUT2D eigenvalue weighted by Gasteiger charge is -2.02. The Labute approximate surface area is 62.2 Å². The smallest absolute Gasteiger partial charge is 0.238 e. The largest absolute Gasteiger partial charge is 0.451 e. The molecule has 0 atom stereocenters. The van der Waals surface area contributed by atoms with Gasteiger partial charge in [0.1, 0.15) is 0 Å². The van der Waals surface area contributed by atoms with Crippen LogP contribution in [-0.4, -0.2) is 18.2 Å². The third-order valence-corrected chi connectivity index (χ3v) is 0.719. The van der Waals surface area contributed by atoms with E-state index >= 15 is 0 Å². The van der Waals surface area contributed by atoms with Crippen LogP contribution in [0.3, 0.4) is 0 Å². The van der Waals surface area contributed by atoms with Gasteiger partial charge in [-0.1, -0.05) is 6.58 Å². The summed E-state index contributed by atoms with van der Waals surface area (Å²) < 4.78 is 35.4. The zero-order valence-electron chi connectivity index (χ0n) is 5.89. The average Bonchev–Trinajstić information content (AvgIpc) is 1.85. The standard InChI is InChI=1S/C6H7F3N2/c1-3-10-5(11-4-2)6(7,8)9/h3-4H,1H2,2H3. The Balaban J connectivity index is 4.61. The van der Waals surface area contributed by atoms with E-state index in [1.165, 1.54) is 6.92 Å². The minimum absolute atomic E-state index is 0.801. The van der Waals surface area contributed by atoms with Crippen LogP contribution in [0.5, 0.6) is 0 Å². The van der Waals surface area contributed by atoms with Crippen molar-refractivity contribution in [2.24, 2.45) is 9.98 Å². The molecule has 0 saturated heterocycles. The summed E-state index contributed by atoms with van der Waals surface area (Å²) in [5.41, 5.74) is 0. The molecule has 0 aromatic rings. The number of hydrogen-bond acceptors (Lipinski definition) is 1. The molecule has 2 nitrogen and oxygen atoms in total. The summed E-state index contributed by atoms with van der Waals surface area (Å²) >= 11 is 0. The van der Waals surface area contributed by atoms with Crippen LogP contribution >= 0.6 is 0 Å².